The zero-order valence-electron chi connectivity index (χ0n) is 11.5. The Morgan fingerprint density at radius 3 is 3.05 bits per heavy atom. The Morgan fingerprint density at radius 1 is 1.35 bits per heavy atom. The molecule has 1 aliphatic rings. The third-order valence-corrected chi connectivity index (χ3v) is 3.77. The van der Waals surface area contributed by atoms with Gasteiger partial charge in [0.25, 0.3) is 0 Å². The lowest BCUT2D eigenvalue weighted by Crippen LogP contribution is -2.47. The summed E-state index contributed by atoms with van der Waals surface area (Å²) in [6.45, 7) is 1.57. The van der Waals surface area contributed by atoms with Gasteiger partial charge in [0.05, 0.1) is 6.04 Å². The number of para-hydroxylation sites is 1. The highest BCUT2D eigenvalue weighted by atomic mass is 16.3. The Bertz CT molecular complexity index is 552. The maximum absolute atomic E-state index is 12.0. The molecule has 106 valence electrons. The van der Waals surface area contributed by atoms with Gasteiger partial charge in [-0.15, -0.1) is 0 Å². The minimum absolute atomic E-state index is 0.0144. The molecule has 0 aliphatic carbocycles. The highest BCUT2D eigenvalue weighted by molar-refractivity contribution is 5.81. The van der Waals surface area contributed by atoms with Gasteiger partial charge in [-0.2, -0.15) is 0 Å². The van der Waals surface area contributed by atoms with E-state index in [0.29, 0.717) is 6.54 Å². The van der Waals surface area contributed by atoms with Crippen LogP contribution in [0.1, 0.15) is 25.0 Å². The van der Waals surface area contributed by atoms with Crippen molar-refractivity contribution in [1.82, 2.24) is 10.6 Å². The Hall–Kier alpha value is -1.81. The Balaban J connectivity index is 1.50. The first-order valence-corrected chi connectivity index (χ1v) is 7.31. The van der Waals surface area contributed by atoms with Crippen LogP contribution in [0.2, 0.25) is 0 Å². The van der Waals surface area contributed by atoms with Gasteiger partial charge in [-0.05, 0) is 31.5 Å². The molecule has 3 rings (SSSR count). The molecule has 4 nitrogen and oxygen atoms in total. The SMILES string of the molecule is O=C(NCCc1cc2ccccc2o1)C1CCCCN1. The van der Waals surface area contributed by atoms with Crippen molar-refractivity contribution in [1.29, 1.82) is 0 Å². The van der Waals surface area contributed by atoms with Crippen molar-refractivity contribution in [3.05, 3.63) is 36.1 Å². The minimum Gasteiger partial charge on any atom is -0.461 e. The fourth-order valence-corrected chi connectivity index (χ4v) is 2.67. The zero-order chi connectivity index (χ0) is 13.8. The second-order valence-electron chi connectivity index (χ2n) is 5.29. The highest BCUT2D eigenvalue weighted by Gasteiger charge is 2.19. The summed E-state index contributed by atoms with van der Waals surface area (Å²) in [7, 11) is 0. The maximum Gasteiger partial charge on any atom is 0.237 e. The summed E-state index contributed by atoms with van der Waals surface area (Å²) < 4.78 is 5.73. The molecular weight excluding hydrogens is 252 g/mol. The van der Waals surface area contributed by atoms with Crippen molar-refractivity contribution in [3.63, 3.8) is 0 Å². The molecule has 1 fully saturated rings. The van der Waals surface area contributed by atoms with Crippen molar-refractivity contribution >= 4 is 16.9 Å². The molecule has 0 bridgehead atoms. The maximum atomic E-state index is 12.0. The number of furan rings is 1. The van der Waals surface area contributed by atoms with E-state index in [4.69, 9.17) is 4.42 Å². The van der Waals surface area contributed by atoms with Crippen molar-refractivity contribution in [2.75, 3.05) is 13.1 Å². The molecule has 20 heavy (non-hydrogen) atoms. The van der Waals surface area contributed by atoms with Crippen LogP contribution in [-0.2, 0) is 11.2 Å². The van der Waals surface area contributed by atoms with Gasteiger partial charge in [0.15, 0.2) is 0 Å². The molecule has 2 aromatic rings. The summed E-state index contributed by atoms with van der Waals surface area (Å²) in [6.07, 6.45) is 3.97. The highest BCUT2D eigenvalue weighted by Crippen LogP contribution is 2.18. The lowest BCUT2D eigenvalue weighted by molar-refractivity contribution is -0.123. The lowest BCUT2D eigenvalue weighted by Gasteiger charge is -2.22. The fraction of sp³-hybridized carbons (Fsp3) is 0.438. The molecule has 1 aromatic heterocycles. The molecule has 2 N–H and O–H groups in total. The van der Waals surface area contributed by atoms with Crippen LogP contribution in [0.4, 0.5) is 0 Å². The number of rotatable bonds is 4. The topological polar surface area (TPSA) is 54.3 Å². The second-order valence-corrected chi connectivity index (χ2v) is 5.29. The first-order chi connectivity index (χ1) is 9.83. The number of carbonyl (C=O) groups is 1. The van der Waals surface area contributed by atoms with Crippen molar-refractivity contribution in [2.45, 2.75) is 31.7 Å². The smallest absolute Gasteiger partial charge is 0.237 e. The van der Waals surface area contributed by atoms with Gasteiger partial charge in [-0.3, -0.25) is 4.79 Å². The molecule has 0 saturated carbocycles. The molecule has 1 amide bonds. The largest absolute Gasteiger partial charge is 0.461 e. The quantitative estimate of drug-likeness (QED) is 0.897. The zero-order valence-corrected chi connectivity index (χ0v) is 11.5. The van der Waals surface area contributed by atoms with Crippen LogP contribution in [-0.4, -0.2) is 25.0 Å². The standard InChI is InChI=1S/C16H20N2O2/c19-16(14-6-3-4-9-17-14)18-10-8-13-11-12-5-1-2-7-15(12)20-13/h1-2,5,7,11,14,17H,3-4,6,8-10H2,(H,18,19). The lowest BCUT2D eigenvalue weighted by atomic mass is 10.0. The van der Waals surface area contributed by atoms with E-state index in [-0.39, 0.29) is 11.9 Å². The van der Waals surface area contributed by atoms with E-state index in [0.717, 1.165) is 42.5 Å². The average Bonchev–Trinajstić information content (AvgIpc) is 2.90. The molecular formula is C16H20N2O2. The van der Waals surface area contributed by atoms with Crippen molar-refractivity contribution in [3.8, 4) is 0 Å². The summed E-state index contributed by atoms with van der Waals surface area (Å²) in [5.74, 6) is 1.03. The van der Waals surface area contributed by atoms with E-state index in [1.807, 2.05) is 30.3 Å². The molecule has 2 heterocycles. The molecule has 1 atom stereocenters. The summed E-state index contributed by atoms with van der Waals surface area (Å²) in [6, 6.07) is 9.99. The van der Waals surface area contributed by atoms with E-state index < -0.39 is 0 Å². The number of nitrogens with one attached hydrogen (secondary N) is 2. The van der Waals surface area contributed by atoms with Crippen LogP contribution in [0.3, 0.4) is 0 Å². The number of fused-ring (bicyclic) bond motifs is 1. The third-order valence-electron chi connectivity index (χ3n) is 3.77. The summed E-state index contributed by atoms with van der Waals surface area (Å²) in [5.41, 5.74) is 0.905. The minimum atomic E-state index is -0.0144. The van der Waals surface area contributed by atoms with E-state index in [1.165, 1.54) is 6.42 Å². The van der Waals surface area contributed by atoms with Crippen LogP contribution < -0.4 is 10.6 Å². The molecule has 1 saturated heterocycles. The average molecular weight is 272 g/mol. The fourth-order valence-electron chi connectivity index (χ4n) is 2.67. The Kier molecular flexibility index (Phi) is 4.02. The predicted octanol–water partition coefficient (Wildman–Crippen LogP) is 2.23. The van der Waals surface area contributed by atoms with Crippen LogP contribution in [0, 0.1) is 0 Å². The van der Waals surface area contributed by atoms with E-state index in [9.17, 15) is 4.79 Å². The Morgan fingerprint density at radius 2 is 2.25 bits per heavy atom. The normalized spacial score (nSPS) is 19.1. The van der Waals surface area contributed by atoms with Crippen molar-refractivity contribution in [2.24, 2.45) is 0 Å². The van der Waals surface area contributed by atoms with Gasteiger partial charge in [-0.1, -0.05) is 24.6 Å². The predicted molar refractivity (Wildman–Crippen MR) is 78.6 cm³/mol. The number of piperidine rings is 1. The first kappa shape index (κ1) is 13.2. The van der Waals surface area contributed by atoms with Gasteiger partial charge in [-0.25, -0.2) is 0 Å². The van der Waals surface area contributed by atoms with E-state index >= 15 is 0 Å². The number of hydrogen-bond donors (Lipinski definition) is 2. The van der Waals surface area contributed by atoms with Gasteiger partial charge >= 0.3 is 0 Å². The monoisotopic (exact) mass is 272 g/mol. The molecule has 1 aromatic carbocycles. The first-order valence-electron chi connectivity index (χ1n) is 7.31. The number of amides is 1. The summed E-state index contributed by atoms with van der Waals surface area (Å²) in [4.78, 5) is 12.0. The van der Waals surface area contributed by atoms with Crippen LogP contribution >= 0.6 is 0 Å². The molecule has 0 radical (unpaired) electrons. The van der Waals surface area contributed by atoms with E-state index in [2.05, 4.69) is 10.6 Å². The van der Waals surface area contributed by atoms with Gasteiger partial charge < -0.3 is 15.1 Å². The number of benzene rings is 1. The molecule has 1 aliphatic heterocycles. The molecule has 1 unspecified atom stereocenters. The van der Waals surface area contributed by atoms with E-state index in [1.54, 1.807) is 0 Å². The van der Waals surface area contributed by atoms with Crippen molar-refractivity contribution < 1.29 is 9.21 Å². The number of hydrogen-bond acceptors (Lipinski definition) is 3. The summed E-state index contributed by atoms with van der Waals surface area (Å²) in [5, 5.41) is 7.35. The molecule has 4 heteroatoms. The van der Waals surface area contributed by atoms with Gasteiger partial charge in [0.2, 0.25) is 5.91 Å². The van der Waals surface area contributed by atoms with Gasteiger partial charge in [0, 0.05) is 18.4 Å². The Labute approximate surface area is 118 Å². The molecule has 0 spiro atoms. The number of carbonyl (C=O) groups excluding carboxylic acids is 1. The second kappa shape index (κ2) is 6.09. The third kappa shape index (κ3) is 3.02. The van der Waals surface area contributed by atoms with Gasteiger partial charge in [0.1, 0.15) is 11.3 Å². The van der Waals surface area contributed by atoms with Crippen LogP contribution in [0.5, 0.6) is 0 Å². The summed E-state index contributed by atoms with van der Waals surface area (Å²) >= 11 is 0. The van der Waals surface area contributed by atoms with Crippen LogP contribution in [0.15, 0.2) is 34.7 Å². The van der Waals surface area contributed by atoms with Crippen LogP contribution in [0.25, 0.3) is 11.0 Å².